The first-order valence-corrected chi connectivity index (χ1v) is 6.87. The summed E-state index contributed by atoms with van der Waals surface area (Å²) in [5.74, 6) is 0. The summed E-state index contributed by atoms with van der Waals surface area (Å²) in [6.07, 6.45) is 0. The van der Waals surface area contributed by atoms with Crippen LogP contribution in [0.2, 0.25) is 0 Å². The first-order valence-electron chi connectivity index (χ1n) is 6.08. The monoisotopic (exact) mass is 303 g/mol. The van der Waals surface area contributed by atoms with Crippen LogP contribution in [-0.4, -0.2) is 0 Å². The van der Waals surface area contributed by atoms with E-state index in [4.69, 9.17) is 5.73 Å². The Morgan fingerprint density at radius 2 is 1.67 bits per heavy atom. The molecule has 1 nitrogen and oxygen atoms in total. The van der Waals surface area contributed by atoms with Crippen LogP contribution >= 0.6 is 15.9 Å². The highest BCUT2D eigenvalue weighted by molar-refractivity contribution is 9.10. The summed E-state index contributed by atoms with van der Waals surface area (Å²) in [4.78, 5) is 0. The third kappa shape index (κ3) is 2.65. The summed E-state index contributed by atoms with van der Waals surface area (Å²) in [6.45, 7) is 6.31. The van der Waals surface area contributed by atoms with Crippen LogP contribution < -0.4 is 5.73 Å². The van der Waals surface area contributed by atoms with E-state index < -0.39 is 0 Å². The minimum atomic E-state index is -0.0580. The van der Waals surface area contributed by atoms with Crippen molar-refractivity contribution in [2.24, 2.45) is 5.73 Å². The smallest absolute Gasteiger partial charge is 0.0554 e. The molecule has 0 aliphatic rings. The molecule has 0 bridgehead atoms. The summed E-state index contributed by atoms with van der Waals surface area (Å²) in [6, 6.07) is 12.7. The molecule has 1 atom stereocenters. The summed E-state index contributed by atoms with van der Waals surface area (Å²) >= 11 is 3.52. The van der Waals surface area contributed by atoms with Crippen molar-refractivity contribution in [1.29, 1.82) is 0 Å². The predicted molar refractivity (Wildman–Crippen MR) is 80.8 cm³/mol. The normalized spacial score (nSPS) is 12.5. The average Bonchev–Trinajstić information content (AvgIpc) is 2.32. The highest BCUT2D eigenvalue weighted by atomic mass is 79.9. The highest BCUT2D eigenvalue weighted by Gasteiger charge is 2.12. The number of hydrogen-bond donors (Lipinski definition) is 1. The molecule has 0 radical (unpaired) electrons. The molecule has 1 unspecified atom stereocenters. The molecule has 2 N–H and O–H groups in total. The van der Waals surface area contributed by atoms with Crippen LogP contribution in [0.15, 0.2) is 40.9 Å². The van der Waals surface area contributed by atoms with Gasteiger partial charge in [-0.3, -0.25) is 0 Å². The third-order valence-electron chi connectivity index (χ3n) is 3.30. The van der Waals surface area contributed by atoms with Gasteiger partial charge >= 0.3 is 0 Å². The Labute approximate surface area is 117 Å². The molecule has 0 amide bonds. The first-order chi connectivity index (χ1) is 8.49. The van der Waals surface area contributed by atoms with Gasteiger partial charge < -0.3 is 5.73 Å². The Morgan fingerprint density at radius 3 is 2.28 bits per heavy atom. The molecule has 2 rings (SSSR count). The van der Waals surface area contributed by atoms with E-state index in [1.54, 1.807) is 0 Å². The van der Waals surface area contributed by atoms with Crippen molar-refractivity contribution in [3.63, 3.8) is 0 Å². The second kappa shape index (κ2) is 5.25. The van der Waals surface area contributed by atoms with Crippen LogP contribution in [0.1, 0.15) is 33.9 Å². The van der Waals surface area contributed by atoms with Gasteiger partial charge in [-0.1, -0.05) is 51.8 Å². The van der Waals surface area contributed by atoms with Gasteiger partial charge in [0.2, 0.25) is 0 Å². The van der Waals surface area contributed by atoms with E-state index in [1.807, 2.05) is 0 Å². The van der Waals surface area contributed by atoms with E-state index in [9.17, 15) is 0 Å². The zero-order chi connectivity index (χ0) is 13.3. The second-order valence-corrected chi connectivity index (χ2v) is 5.70. The number of rotatable bonds is 2. The molecule has 2 aromatic carbocycles. The minimum Gasteiger partial charge on any atom is -0.320 e. The molecule has 0 aliphatic carbocycles. The molecule has 2 aromatic rings. The highest BCUT2D eigenvalue weighted by Crippen LogP contribution is 2.26. The topological polar surface area (TPSA) is 26.0 Å². The van der Waals surface area contributed by atoms with Gasteiger partial charge in [-0.05, 0) is 49.1 Å². The van der Waals surface area contributed by atoms with Gasteiger partial charge in [0.05, 0.1) is 6.04 Å². The fraction of sp³-hybridized carbons (Fsp3) is 0.250. The number of halogens is 1. The lowest BCUT2D eigenvalue weighted by Gasteiger charge is -2.16. The molecule has 0 heterocycles. The number of aryl methyl sites for hydroxylation is 3. The maximum absolute atomic E-state index is 6.37. The Morgan fingerprint density at radius 1 is 0.944 bits per heavy atom. The lowest BCUT2D eigenvalue weighted by Crippen LogP contribution is -2.13. The van der Waals surface area contributed by atoms with Gasteiger partial charge in [0, 0.05) is 4.47 Å². The van der Waals surface area contributed by atoms with Gasteiger partial charge in [-0.25, -0.2) is 0 Å². The number of hydrogen-bond acceptors (Lipinski definition) is 1. The molecular formula is C16H18BrN. The Hall–Kier alpha value is -1.12. The van der Waals surface area contributed by atoms with E-state index in [1.165, 1.54) is 22.3 Å². The van der Waals surface area contributed by atoms with Crippen molar-refractivity contribution in [2.45, 2.75) is 26.8 Å². The van der Waals surface area contributed by atoms with Crippen molar-refractivity contribution in [3.8, 4) is 0 Å². The molecule has 0 aliphatic heterocycles. The quantitative estimate of drug-likeness (QED) is 0.873. The van der Waals surface area contributed by atoms with Crippen molar-refractivity contribution in [3.05, 3.63) is 68.7 Å². The third-order valence-corrected chi connectivity index (χ3v) is 4.19. The van der Waals surface area contributed by atoms with E-state index in [0.717, 1.165) is 10.0 Å². The van der Waals surface area contributed by atoms with Crippen LogP contribution in [0.4, 0.5) is 0 Å². The van der Waals surface area contributed by atoms with Crippen molar-refractivity contribution in [2.75, 3.05) is 0 Å². The molecule has 18 heavy (non-hydrogen) atoms. The molecule has 0 saturated carbocycles. The molecular weight excluding hydrogens is 286 g/mol. The SMILES string of the molecule is Cc1ccc(C(N)c2ccc(Br)c(C)c2)c(C)c1. The first kappa shape index (κ1) is 13.3. The van der Waals surface area contributed by atoms with Crippen LogP contribution in [0.3, 0.4) is 0 Å². The fourth-order valence-corrected chi connectivity index (χ4v) is 2.46. The number of benzene rings is 2. The van der Waals surface area contributed by atoms with Crippen LogP contribution in [0, 0.1) is 20.8 Å². The van der Waals surface area contributed by atoms with Gasteiger partial charge in [0.1, 0.15) is 0 Å². The minimum absolute atomic E-state index is 0.0580. The summed E-state index contributed by atoms with van der Waals surface area (Å²) in [5.41, 5.74) is 12.5. The van der Waals surface area contributed by atoms with Crippen LogP contribution in [-0.2, 0) is 0 Å². The summed E-state index contributed by atoms with van der Waals surface area (Å²) in [5, 5.41) is 0. The standard InChI is InChI=1S/C16H18BrN/c1-10-4-6-14(11(2)8-10)16(18)13-5-7-15(17)12(3)9-13/h4-9,16H,18H2,1-3H3. The van der Waals surface area contributed by atoms with E-state index in [-0.39, 0.29) is 6.04 Å². The molecule has 0 spiro atoms. The van der Waals surface area contributed by atoms with Crippen molar-refractivity contribution < 1.29 is 0 Å². The van der Waals surface area contributed by atoms with Gasteiger partial charge in [-0.2, -0.15) is 0 Å². The Bertz CT molecular complexity index is 575. The predicted octanol–water partition coefficient (Wildman–Crippen LogP) is 4.42. The largest absolute Gasteiger partial charge is 0.320 e. The zero-order valence-electron chi connectivity index (χ0n) is 11.0. The summed E-state index contributed by atoms with van der Waals surface area (Å²) < 4.78 is 1.12. The van der Waals surface area contributed by atoms with Gasteiger partial charge in [0.15, 0.2) is 0 Å². The zero-order valence-corrected chi connectivity index (χ0v) is 12.6. The lowest BCUT2D eigenvalue weighted by molar-refractivity contribution is 0.858. The van der Waals surface area contributed by atoms with E-state index in [2.05, 4.69) is 73.1 Å². The molecule has 0 aromatic heterocycles. The lowest BCUT2D eigenvalue weighted by atomic mass is 9.94. The van der Waals surface area contributed by atoms with Crippen molar-refractivity contribution in [1.82, 2.24) is 0 Å². The van der Waals surface area contributed by atoms with Crippen LogP contribution in [0.25, 0.3) is 0 Å². The molecule has 0 fully saturated rings. The fourth-order valence-electron chi connectivity index (χ4n) is 2.22. The van der Waals surface area contributed by atoms with Crippen molar-refractivity contribution >= 4 is 15.9 Å². The molecule has 2 heteroatoms. The van der Waals surface area contributed by atoms with Gasteiger partial charge in [0.25, 0.3) is 0 Å². The maximum atomic E-state index is 6.37. The maximum Gasteiger partial charge on any atom is 0.0554 e. The average molecular weight is 304 g/mol. The van der Waals surface area contributed by atoms with Gasteiger partial charge in [-0.15, -0.1) is 0 Å². The van der Waals surface area contributed by atoms with Crippen LogP contribution in [0.5, 0.6) is 0 Å². The van der Waals surface area contributed by atoms with E-state index in [0.29, 0.717) is 0 Å². The summed E-state index contributed by atoms with van der Waals surface area (Å²) in [7, 11) is 0. The Kier molecular flexibility index (Phi) is 3.88. The molecule has 94 valence electrons. The second-order valence-electron chi connectivity index (χ2n) is 4.85. The Balaban J connectivity index is 2.41. The van der Waals surface area contributed by atoms with E-state index >= 15 is 0 Å². The number of nitrogens with two attached hydrogens (primary N) is 1. The molecule has 0 saturated heterocycles.